The third-order valence-corrected chi connectivity index (χ3v) is 1.67. The minimum absolute atomic E-state index is 0.0540. The first kappa shape index (κ1) is 15.8. The molecule has 1 rings (SSSR count). The van der Waals surface area contributed by atoms with E-state index in [0.29, 0.717) is 0 Å². The summed E-state index contributed by atoms with van der Waals surface area (Å²) in [5.74, 6) is 0. The molecule has 1 aromatic heterocycles. The molecule has 0 radical (unpaired) electrons. The van der Waals surface area contributed by atoms with Crippen molar-refractivity contribution in [2.24, 2.45) is 7.05 Å². The number of aliphatic hydroxyl groups excluding tert-OH is 1. The van der Waals surface area contributed by atoms with E-state index in [1.165, 1.54) is 0 Å². The summed E-state index contributed by atoms with van der Waals surface area (Å²) in [6, 6.07) is 0. The molecule has 0 saturated heterocycles. The van der Waals surface area contributed by atoms with Crippen LogP contribution in [0.1, 0.15) is 13.3 Å². The molecule has 0 bridgehead atoms. The summed E-state index contributed by atoms with van der Waals surface area (Å²) in [6.45, 7) is 2.03. The van der Waals surface area contributed by atoms with E-state index in [1.807, 2.05) is 24.7 Å². The van der Waals surface area contributed by atoms with Gasteiger partial charge in [0.2, 0.25) is 0 Å². The summed E-state index contributed by atoms with van der Waals surface area (Å²) in [4.78, 5) is 5.38. The molecule has 17 heavy (non-hydrogen) atoms. The lowest BCUT2D eigenvalue weighted by atomic mass is 10.3. The van der Waals surface area contributed by atoms with Crippen LogP contribution in [0.3, 0.4) is 0 Å². The smallest absolute Gasteiger partial charge is 0.418 e. The highest BCUT2D eigenvalue weighted by Gasteiger charge is 2.20. The molecule has 0 aromatic carbocycles. The number of nitrogens with zero attached hydrogens (tertiary/aromatic N) is 2. The number of hydrogen-bond acceptors (Lipinski definition) is 2. The Morgan fingerprint density at radius 2 is 1.94 bits per heavy atom. The van der Waals surface area contributed by atoms with Gasteiger partial charge in [0, 0.05) is 0 Å². The van der Waals surface area contributed by atoms with Crippen molar-refractivity contribution in [1.29, 1.82) is 0 Å². The number of hydrogen-bond donors (Lipinski definition) is 1. The molecule has 100 valence electrons. The van der Waals surface area contributed by atoms with Crippen LogP contribution in [0.4, 0.5) is 17.3 Å². The standard InChI is InChI=1S/C8H15N2O2.BF4/c1-3-8(6-11)12-10-5-4-9(2)7-10;2-1(3,4)5/h4-5,7-8,11H,3,6H2,1-2H3;/q+1;-1. The van der Waals surface area contributed by atoms with E-state index >= 15 is 0 Å². The summed E-state index contributed by atoms with van der Waals surface area (Å²) in [6.07, 6.45) is 6.18. The minimum atomic E-state index is -6.00. The minimum Gasteiger partial charge on any atom is -0.418 e. The molecular formula is C8H15BF4N2O2. The maximum Gasteiger partial charge on any atom is 0.673 e. The van der Waals surface area contributed by atoms with Crippen LogP contribution in [0.5, 0.6) is 0 Å². The van der Waals surface area contributed by atoms with Crippen LogP contribution < -0.4 is 9.40 Å². The Hall–Kier alpha value is -1.25. The Kier molecular flexibility index (Phi) is 6.63. The highest BCUT2D eigenvalue weighted by atomic mass is 19.5. The molecule has 4 nitrogen and oxygen atoms in total. The van der Waals surface area contributed by atoms with E-state index in [4.69, 9.17) is 9.94 Å². The largest absolute Gasteiger partial charge is 0.673 e. The molecule has 0 amide bonds. The van der Waals surface area contributed by atoms with Crippen molar-refractivity contribution >= 4 is 7.25 Å². The molecule has 1 atom stereocenters. The van der Waals surface area contributed by atoms with Gasteiger partial charge in [0.15, 0.2) is 12.3 Å². The number of rotatable bonds is 4. The number of halogens is 4. The van der Waals surface area contributed by atoms with Crippen LogP contribution >= 0.6 is 0 Å². The van der Waals surface area contributed by atoms with Crippen LogP contribution in [0.25, 0.3) is 0 Å². The molecule has 0 spiro atoms. The summed E-state index contributed by atoms with van der Waals surface area (Å²) in [5, 5.41) is 8.85. The van der Waals surface area contributed by atoms with Gasteiger partial charge in [0.05, 0.1) is 13.7 Å². The van der Waals surface area contributed by atoms with Gasteiger partial charge >= 0.3 is 7.25 Å². The maximum atomic E-state index is 9.75. The second-order valence-corrected chi connectivity index (χ2v) is 3.25. The molecule has 1 aromatic rings. The first-order valence-electron chi connectivity index (χ1n) is 4.94. The van der Waals surface area contributed by atoms with Crippen molar-refractivity contribution in [3.8, 4) is 0 Å². The Bertz CT molecular complexity index is 309. The van der Waals surface area contributed by atoms with E-state index in [2.05, 4.69) is 0 Å². The Morgan fingerprint density at radius 1 is 1.41 bits per heavy atom. The van der Waals surface area contributed by atoms with Gasteiger partial charge in [-0.3, -0.25) is 0 Å². The summed E-state index contributed by atoms with van der Waals surface area (Å²) < 4.78 is 42.5. The normalized spacial score (nSPS) is 12.6. The summed E-state index contributed by atoms with van der Waals surface area (Å²) in [7, 11) is -4.08. The van der Waals surface area contributed by atoms with Crippen LogP contribution in [-0.2, 0) is 7.05 Å². The van der Waals surface area contributed by atoms with Crippen LogP contribution in [-0.4, -0.2) is 29.8 Å². The fourth-order valence-electron chi connectivity index (χ4n) is 0.899. The second-order valence-electron chi connectivity index (χ2n) is 3.25. The lowest BCUT2D eigenvalue weighted by Gasteiger charge is -2.08. The number of imidazole rings is 1. The third kappa shape index (κ3) is 9.67. The van der Waals surface area contributed by atoms with Gasteiger partial charge in [-0.2, -0.15) is 0 Å². The molecule has 0 saturated carbocycles. The van der Waals surface area contributed by atoms with Gasteiger partial charge in [0.25, 0.3) is 6.33 Å². The van der Waals surface area contributed by atoms with Crippen molar-refractivity contribution in [3.63, 3.8) is 0 Å². The molecule has 0 fully saturated rings. The van der Waals surface area contributed by atoms with E-state index in [-0.39, 0.29) is 12.7 Å². The third-order valence-electron chi connectivity index (χ3n) is 1.67. The van der Waals surface area contributed by atoms with Gasteiger partial charge in [-0.25, -0.2) is 4.57 Å². The van der Waals surface area contributed by atoms with E-state index in [9.17, 15) is 17.3 Å². The molecule has 1 heterocycles. The van der Waals surface area contributed by atoms with Gasteiger partial charge in [-0.05, 0) is 6.42 Å². The van der Waals surface area contributed by atoms with E-state index < -0.39 is 7.25 Å². The van der Waals surface area contributed by atoms with Crippen molar-refractivity contribution in [1.82, 2.24) is 4.73 Å². The van der Waals surface area contributed by atoms with E-state index in [1.54, 1.807) is 17.3 Å². The first-order chi connectivity index (χ1) is 7.76. The maximum absolute atomic E-state index is 9.75. The average molecular weight is 258 g/mol. The Morgan fingerprint density at radius 3 is 2.24 bits per heavy atom. The number of aromatic nitrogens is 2. The van der Waals surface area contributed by atoms with Gasteiger partial charge < -0.3 is 27.2 Å². The molecule has 1 N–H and O–H groups in total. The lowest BCUT2D eigenvalue weighted by Crippen LogP contribution is -2.29. The van der Waals surface area contributed by atoms with Gasteiger partial charge in [-0.1, -0.05) is 11.7 Å². The number of aliphatic hydroxyl groups is 1. The lowest BCUT2D eigenvalue weighted by molar-refractivity contribution is -0.672. The second kappa shape index (κ2) is 7.15. The zero-order valence-electron chi connectivity index (χ0n) is 9.56. The fraction of sp³-hybridized carbons (Fsp3) is 0.625. The molecule has 0 aliphatic rings. The zero-order chi connectivity index (χ0) is 13.5. The fourth-order valence-corrected chi connectivity index (χ4v) is 0.899. The van der Waals surface area contributed by atoms with Crippen LogP contribution in [0.15, 0.2) is 18.7 Å². The Balaban J connectivity index is 0.000000437. The zero-order valence-corrected chi connectivity index (χ0v) is 9.56. The molecular weight excluding hydrogens is 243 g/mol. The van der Waals surface area contributed by atoms with Gasteiger partial charge in [-0.15, -0.1) is 0 Å². The monoisotopic (exact) mass is 258 g/mol. The number of aryl methyl sites for hydroxylation is 1. The highest BCUT2D eigenvalue weighted by Crippen LogP contribution is 2.06. The van der Waals surface area contributed by atoms with E-state index in [0.717, 1.165) is 6.42 Å². The first-order valence-corrected chi connectivity index (χ1v) is 4.94. The summed E-state index contributed by atoms with van der Waals surface area (Å²) >= 11 is 0. The predicted octanol–water partition coefficient (Wildman–Crippen LogP) is 0.812. The average Bonchev–Trinajstić information content (AvgIpc) is 2.58. The summed E-state index contributed by atoms with van der Waals surface area (Å²) in [5.41, 5.74) is 0. The quantitative estimate of drug-likeness (QED) is 0.493. The van der Waals surface area contributed by atoms with Crippen molar-refractivity contribution in [3.05, 3.63) is 18.7 Å². The molecule has 9 heteroatoms. The predicted molar refractivity (Wildman–Crippen MR) is 53.5 cm³/mol. The van der Waals surface area contributed by atoms with Crippen molar-refractivity contribution < 1.29 is 31.8 Å². The molecule has 0 aliphatic carbocycles. The SMILES string of the molecule is CCC(CO)On1cc[n+](C)c1.F[B-](F)(F)F. The van der Waals surface area contributed by atoms with Crippen molar-refractivity contribution in [2.45, 2.75) is 19.4 Å². The Labute approximate surface area is 96.5 Å². The van der Waals surface area contributed by atoms with Gasteiger partial charge in [0.1, 0.15) is 6.20 Å². The molecule has 1 unspecified atom stereocenters. The van der Waals surface area contributed by atoms with Crippen LogP contribution in [0.2, 0.25) is 0 Å². The van der Waals surface area contributed by atoms with Crippen molar-refractivity contribution in [2.75, 3.05) is 6.61 Å². The van der Waals surface area contributed by atoms with Crippen LogP contribution in [0, 0.1) is 0 Å². The highest BCUT2D eigenvalue weighted by molar-refractivity contribution is 6.50. The molecule has 0 aliphatic heterocycles. The topological polar surface area (TPSA) is 38.3 Å².